The van der Waals surface area contributed by atoms with Gasteiger partial charge in [-0.3, -0.25) is 9.59 Å². The van der Waals surface area contributed by atoms with Gasteiger partial charge in [0.1, 0.15) is 17.6 Å². The number of ether oxygens (including phenoxy) is 3. The summed E-state index contributed by atoms with van der Waals surface area (Å²) in [5, 5.41) is -0.0792. The van der Waals surface area contributed by atoms with Gasteiger partial charge in [-0.2, -0.15) is 0 Å². The number of Topliss-reactive ketones (excluding diaryl/α,β-unsaturated/α-hetero) is 1. The van der Waals surface area contributed by atoms with Gasteiger partial charge in [0.05, 0.1) is 31.8 Å². The summed E-state index contributed by atoms with van der Waals surface area (Å²) < 4.78 is 17.0. The molecule has 2 heterocycles. The SMILES string of the molecule is COc1ccc(CCN2C(=O)C3=C(C(=O)C4CC(Cl)C(C)CC4O3)C2c2cccc(OC)c2)cc1. The minimum Gasteiger partial charge on any atom is -0.497 e. The second kappa shape index (κ2) is 9.57. The van der Waals surface area contributed by atoms with Crippen molar-refractivity contribution < 1.29 is 23.8 Å². The highest BCUT2D eigenvalue weighted by atomic mass is 35.5. The lowest BCUT2D eigenvalue weighted by Gasteiger charge is -2.40. The van der Waals surface area contributed by atoms with Gasteiger partial charge in [-0.1, -0.05) is 31.2 Å². The molecule has 5 unspecified atom stereocenters. The van der Waals surface area contributed by atoms with Gasteiger partial charge < -0.3 is 19.1 Å². The summed E-state index contributed by atoms with van der Waals surface area (Å²) in [6.07, 6.45) is 1.57. The van der Waals surface area contributed by atoms with Crippen molar-refractivity contribution >= 4 is 23.3 Å². The molecule has 1 amide bonds. The minimum absolute atomic E-state index is 0.0121. The summed E-state index contributed by atoms with van der Waals surface area (Å²) in [6, 6.07) is 14.8. The van der Waals surface area contributed by atoms with Gasteiger partial charge in [0.25, 0.3) is 5.91 Å². The lowest BCUT2D eigenvalue weighted by Crippen LogP contribution is -2.44. The largest absolute Gasteiger partial charge is 0.497 e. The average molecular weight is 496 g/mol. The molecule has 184 valence electrons. The standard InChI is InChI=1S/C28H30ClNO5/c1-16-13-23-21(15-22(16)29)26(31)24-25(18-5-4-6-20(14-18)34-3)30(28(32)27(24)35-23)12-11-17-7-9-19(33-2)10-8-17/h4-10,14,16,21-23,25H,11-13,15H2,1-3H3. The highest BCUT2D eigenvalue weighted by Gasteiger charge is 2.53. The van der Waals surface area contributed by atoms with Gasteiger partial charge in [-0.25, -0.2) is 0 Å². The normalized spacial score (nSPS) is 27.9. The third kappa shape index (κ3) is 4.29. The first-order valence-corrected chi connectivity index (χ1v) is 12.5. The molecular formula is C28H30ClNO5. The molecule has 1 aliphatic carbocycles. The van der Waals surface area contributed by atoms with Crippen LogP contribution >= 0.6 is 11.6 Å². The summed E-state index contributed by atoms with van der Waals surface area (Å²) in [5.41, 5.74) is 2.37. The molecule has 2 aliphatic heterocycles. The molecule has 0 radical (unpaired) electrons. The van der Waals surface area contributed by atoms with Crippen LogP contribution in [-0.2, 0) is 20.7 Å². The molecule has 0 bridgehead atoms. The lowest BCUT2D eigenvalue weighted by atomic mass is 9.74. The lowest BCUT2D eigenvalue weighted by molar-refractivity contribution is -0.136. The number of nitrogens with zero attached hydrogens (tertiary/aromatic N) is 1. The zero-order valence-electron chi connectivity index (χ0n) is 20.2. The van der Waals surface area contributed by atoms with Crippen LogP contribution < -0.4 is 9.47 Å². The quantitative estimate of drug-likeness (QED) is 0.543. The van der Waals surface area contributed by atoms with E-state index in [1.54, 1.807) is 19.1 Å². The zero-order valence-corrected chi connectivity index (χ0v) is 21.0. The molecule has 0 N–H and O–H groups in total. The summed E-state index contributed by atoms with van der Waals surface area (Å²) in [5.74, 6) is 1.33. The number of hydrogen-bond acceptors (Lipinski definition) is 5. The fourth-order valence-corrected chi connectivity index (χ4v) is 5.79. The van der Waals surface area contributed by atoms with E-state index in [0.717, 1.165) is 16.9 Å². The Balaban J connectivity index is 1.49. The van der Waals surface area contributed by atoms with Crippen LogP contribution in [0.15, 0.2) is 59.9 Å². The Bertz CT molecular complexity index is 1160. The molecule has 2 aromatic rings. The number of amides is 1. The Kier molecular flexibility index (Phi) is 6.49. The summed E-state index contributed by atoms with van der Waals surface area (Å²) >= 11 is 6.56. The fraction of sp³-hybridized carbons (Fsp3) is 0.429. The Morgan fingerprint density at radius 2 is 1.77 bits per heavy atom. The molecule has 5 atom stereocenters. The predicted molar refractivity (Wildman–Crippen MR) is 133 cm³/mol. The maximum Gasteiger partial charge on any atom is 0.290 e. The van der Waals surface area contributed by atoms with Crippen LogP contribution in [0.3, 0.4) is 0 Å². The Hall–Kier alpha value is -2.99. The number of carbonyl (C=O) groups excluding carboxylic acids is 2. The van der Waals surface area contributed by atoms with E-state index in [0.29, 0.717) is 37.1 Å². The first-order valence-electron chi connectivity index (χ1n) is 12.1. The van der Waals surface area contributed by atoms with Crippen molar-refractivity contribution in [2.45, 2.75) is 43.7 Å². The molecule has 5 rings (SSSR count). The molecule has 1 saturated carbocycles. The highest BCUT2D eigenvalue weighted by Crippen LogP contribution is 2.48. The number of alkyl halides is 1. The van der Waals surface area contributed by atoms with Crippen LogP contribution in [0.4, 0.5) is 0 Å². The van der Waals surface area contributed by atoms with E-state index >= 15 is 0 Å². The molecule has 0 saturated heterocycles. The molecule has 2 aromatic carbocycles. The second-order valence-corrected chi connectivity index (χ2v) is 10.2. The molecular weight excluding hydrogens is 466 g/mol. The predicted octanol–water partition coefficient (Wildman–Crippen LogP) is 4.71. The highest BCUT2D eigenvalue weighted by molar-refractivity contribution is 6.21. The van der Waals surface area contributed by atoms with Crippen molar-refractivity contribution in [2.75, 3.05) is 20.8 Å². The van der Waals surface area contributed by atoms with Crippen LogP contribution in [0.2, 0.25) is 0 Å². The second-order valence-electron chi connectivity index (χ2n) is 9.61. The maximum atomic E-state index is 13.8. The van der Waals surface area contributed by atoms with Gasteiger partial charge in [0.2, 0.25) is 0 Å². The van der Waals surface area contributed by atoms with E-state index < -0.39 is 6.04 Å². The Morgan fingerprint density at radius 1 is 1.03 bits per heavy atom. The molecule has 0 aromatic heterocycles. The fourth-order valence-electron chi connectivity index (χ4n) is 5.50. The van der Waals surface area contributed by atoms with Crippen LogP contribution in [0.5, 0.6) is 11.5 Å². The maximum absolute atomic E-state index is 13.8. The number of fused-ring (bicyclic) bond motifs is 1. The van der Waals surface area contributed by atoms with Crippen molar-refractivity contribution in [3.63, 3.8) is 0 Å². The smallest absolute Gasteiger partial charge is 0.290 e. The molecule has 1 fully saturated rings. The van der Waals surface area contributed by atoms with E-state index in [4.69, 9.17) is 25.8 Å². The first kappa shape index (κ1) is 23.7. The van der Waals surface area contributed by atoms with Gasteiger partial charge in [0.15, 0.2) is 11.5 Å². The summed E-state index contributed by atoms with van der Waals surface area (Å²) in [7, 11) is 3.24. The monoisotopic (exact) mass is 495 g/mol. The summed E-state index contributed by atoms with van der Waals surface area (Å²) in [6.45, 7) is 2.52. The van der Waals surface area contributed by atoms with Gasteiger partial charge in [-0.05, 0) is 60.6 Å². The van der Waals surface area contributed by atoms with E-state index in [2.05, 4.69) is 6.92 Å². The number of halogens is 1. The van der Waals surface area contributed by atoms with E-state index in [9.17, 15) is 9.59 Å². The van der Waals surface area contributed by atoms with Crippen molar-refractivity contribution in [3.05, 3.63) is 71.0 Å². The number of hydrogen-bond donors (Lipinski definition) is 0. The van der Waals surface area contributed by atoms with Crippen LogP contribution in [0, 0.1) is 11.8 Å². The Morgan fingerprint density at radius 3 is 2.49 bits per heavy atom. The van der Waals surface area contributed by atoms with Crippen LogP contribution in [0.25, 0.3) is 0 Å². The number of rotatable bonds is 6. The molecule has 6 nitrogen and oxygen atoms in total. The van der Waals surface area contributed by atoms with Crippen molar-refractivity contribution in [3.8, 4) is 11.5 Å². The molecule has 0 spiro atoms. The number of carbonyl (C=O) groups is 2. The topological polar surface area (TPSA) is 65.1 Å². The van der Waals surface area contributed by atoms with Gasteiger partial charge in [-0.15, -0.1) is 11.6 Å². The van der Waals surface area contributed by atoms with Gasteiger partial charge in [0, 0.05) is 11.9 Å². The zero-order chi connectivity index (χ0) is 24.7. The average Bonchev–Trinajstić information content (AvgIpc) is 3.16. The summed E-state index contributed by atoms with van der Waals surface area (Å²) in [4.78, 5) is 29.3. The van der Waals surface area contributed by atoms with Crippen LogP contribution in [0.1, 0.15) is 36.9 Å². The number of ketones is 1. The molecule has 3 aliphatic rings. The van der Waals surface area contributed by atoms with Gasteiger partial charge >= 0.3 is 0 Å². The van der Waals surface area contributed by atoms with Crippen molar-refractivity contribution in [1.82, 2.24) is 4.90 Å². The minimum atomic E-state index is -0.521. The van der Waals surface area contributed by atoms with Crippen molar-refractivity contribution in [1.29, 1.82) is 0 Å². The molecule has 7 heteroatoms. The van der Waals surface area contributed by atoms with Crippen molar-refractivity contribution in [2.24, 2.45) is 11.8 Å². The number of methoxy groups -OCH3 is 2. The number of benzene rings is 2. The Labute approximate surface area is 210 Å². The van der Waals surface area contributed by atoms with Crippen LogP contribution in [-0.4, -0.2) is 48.8 Å². The van der Waals surface area contributed by atoms with E-state index in [-0.39, 0.29) is 40.8 Å². The van der Waals surface area contributed by atoms with E-state index in [1.807, 2.05) is 48.5 Å². The molecule has 35 heavy (non-hydrogen) atoms. The first-order chi connectivity index (χ1) is 16.9. The van der Waals surface area contributed by atoms with E-state index in [1.165, 1.54) is 0 Å². The third-order valence-corrected chi connectivity index (χ3v) is 8.12. The third-order valence-electron chi connectivity index (χ3n) is 7.52.